The third-order valence-corrected chi connectivity index (χ3v) is 4.22. The summed E-state index contributed by atoms with van der Waals surface area (Å²) in [5.41, 5.74) is 0.0367. The second-order valence-electron chi connectivity index (χ2n) is 5.35. The van der Waals surface area contributed by atoms with Crippen molar-refractivity contribution >= 4 is 11.6 Å². The molecule has 19 heavy (non-hydrogen) atoms. The van der Waals surface area contributed by atoms with Crippen LogP contribution in [0.3, 0.4) is 0 Å². The molecule has 1 aromatic carbocycles. The molecule has 3 unspecified atom stereocenters. The summed E-state index contributed by atoms with van der Waals surface area (Å²) >= 11 is 0. The monoisotopic (exact) mass is 266 g/mol. The Morgan fingerprint density at radius 3 is 2.95 bits per heavy atom. The number of rotatable bonds is 2. The molecule has 3 atom stereocenters. The summed E-state index contributed by atoms with van der Waals surface area (Å²) in [6.45, 7) is 0.856. The van der Waals surface area contributed by atoms with Gasteiger partial charge in [-0.15, -0.1) is 0 Å². The van der Waals surface area contributed by atoms with Crippen LogP contribution in [0.1, 0.15) is 19.3 Å². The number of anilines is 1. The molecule has 3 rings (SSSR count). The summed E-state index contributed by atoms with van der Waals surface area (Å²) in [4.78, 5) is 12.2. The molecule has 1 heterocycles. The maximum Gasteiger partial charge on any atom is 0.241 e. The van der Waals surface area contributed by atoms with Crippen LogP contribution in [-0.4, -0.2) is 18.5 Å². The average Bonchev–Trinajstić information content (AvgIpc) is 2.94. The Morgan fingerprint density at radius 2 is 2.16 bits per heavy atom. The maximum atomic E-state index is 13.5. The van der Waals surface area contributed by atoms with Crippen molar-refractivity contribution in [1.82, 2.24) is 5.32 Å². The minimum absolute atomic E-state index is 0.0367. The molecule has 1 aliphatic carbocycles. The number of carbonyl (C=O) groups excluding carboxylic acids is 1. The van der Waals surface area contributed by atoms with Gasteiger partial charge in [0.15, 0.2) is 0 Å². The van der Waals surface area contributed by atoms with Crippen LogP contribution in [0.4, 0.5) is 14.5 Å². The fourth-order valence-corrected chi connectivity index (χ4v) is 3.28. The molecule has 1 amide bonds. The van der Waals surface area contributed by atoms with Crippen molar-refractivity contribution in [3.63, 3.8) is 0 Å². The Bertz CT molecular complexity index is 506. The number of carbonyl (C=O) groups is 1. The molecule has 1 aromatic rings. The zero-order valence-corrected chi connectivity index (χ0v) is 10.5. The minimum Gasteiger partial charge on any atom is -0.322 e. The highest BCUT2D eigenvalue weighted by Crippen LogP contribution is 2.38. The van der Waals surface area contributed by atoms with Gasteiger partial charge < -0.3 is 10.6 Å². The predicted molar refractivity (Wildman–Crippen MR) is 67.6 cm³/mol. The van der Waals surface area contributed by atoms with E-state index in [1.807, 2.05) is 0 Å². The first-order valence-electron chi connectivity index (χ1n) is 6.64. The molecule has 0 radical (unpaired) electrons. The van der Waals surface area contributed by atoms with E-state index in [9.17, 15) is 13.6 Å². The van der Waals surface area contributed by atoms with E-state index in [0.29, 0.717) is 11.8 Å². The van der Waals surface area contributed by atoms with Crippen molar-refractivity contribution in [2.45, 2.75) is 25.3 Å². The largest absolute Gasteiger partial charge is 0.322 e. The van der Waals surface area contributed by atoms with Crippen molar-refractivity contribution < 1.29 is 13.6 Å². The quantitative estimate of drug-likeness (QED) is 0.862. The molecule has 1 saturated carbocycles. The number of benzene rings is 1. The Kier molecular flexibility index (Phi) is 3.22. The lowest BCUT2D eigenvalue weighted by Crippen LogP contribution is -2.39. The molecule has 0 bridgehead atoms. The number of hydrogen-bond donors (Lipinski definition) is 2. The molecular weight excluding hydrogens is 250 g/mol. The number of halogens is 2. The highest BCUT2D eigenvalue weighted by atomic mass is 19.1. The zero-order chi connectivity index (χ0) is 13.4. The second kappa shape index (κ2) is 4.89. The van der Waals surface area contributed by atoms with Crippen molar-refractivity contribution in [3.05, 3.63) is 29.8 Å². The first-order chi connectivity index (χ1) is 9.15. The molecule has 5 heteroatoms. The number of fused-ring (bicyclic) bond motifs is 1. The van der Waals surface area contributed by atoms with Gasteiger partial charge in [-0.25, -0.2) is 8.78 Å². The van der Waals surface area contributed by atoms with Gasteiger partial charge in [0.25, 0.3) is 0 Å². The molecule has 0 aromatic heterocycles. The summed E-state index contributed by atoms with van der Waals surface area (Å²) in [5, 5.41) is 5.75. The molecule has 2 N–H and O–H groups in total. The Morgan fingerprint density at radius 1 is 1.32 bits per heavy atom. The van der Waals surface area contributed by atoms with Crippen molar-refractivity contribution in [2.75, 3.05) is 11.9 Å². The van der Waals surface area contributed by atoms with Crippen LogP contribution in [0, 0.1) is 23.5 Å². The van der Waals surface area contributed by atoms with E-state index in [-0.39, 0.29) is 17.6 Å². The summed E-state index contributed by atoms with van der Waals surface area (Å²) in [6, 6.07) is 2.91. The number of nitrogens with one attached hydrogen (secondary N) is 2. The van der Waals surface area contributed by atoms with Crippen molar-refractivity contribution in [2.24, 2.45) is 11.8 Å². The summed E-state index contributed by atoms with van der Waals surface area (Å²) < 4.78 is 26.3. The molecule has 3 nitrogen and oxygen atoms in total. The molecule has 2 aliphatic rings. The van der Waals surface area contributed by atoms with Gasteiger partial charge in [-0.2, -0.15) is 0 Å². The average molecular weight is 266 g/mol. The van der Waals surface area contributed by atoms with E-state index in [4.69, 9.17) is 0 Å². The summed E-state index contributed by atoms with van der Waals surface area (Å²) in [6.07, 6.45) is 3.36. The highest BCUT2D eigenvalue weighted by molar-refractivity contribution is 5.95. The molecule has 1 saturated heterocycles. The first kappa shape index (κ1) is 12.5. The third kappa shape index (κ3) is 2.34. The van der Waals surface area contributed by atoms with E-state index < -0.39 is 11.6 Å². The lowest BCUT2D eigenvalue weighted by molar-refractivity contribution is -0.118. The van der Waals surface area contributed by atoms with E-state index in [1.165, 1.54) is 6.07 Å². The van der Waals surface area contributed by atoms with Gasteiger partial charge in [0.1, 0.15) is 11.6 Å². The highest BCUT2D eigenvalue weighted by Gasteiger charge is 2.42. The molecule has 2 fully saturated rings. The van der Waals surface area contributed by atoms with Crippen LogP contribution in [0.2, 0.25) is 0 Å². The minimum atomic E-state index is -0.741. The van der Waals surface area contributed by atoms with E-state index in [2.05, 4.69) is 10.6 Å². The van der Waals surface area contributed by atoms with Gasteiger partial charge in [0, 0.05) is 6.07 Å². The smallest absolute Gasteiger partial charge is 0.241 e. The fourth-order valence-electron chi connectivity index (χ4n) is 3.28. The second-order valence-corrected chi connectivity index (χ2v) is 5.35. The zero-order valence-electron chi connectivity index (χ0n) is 10.5. The van der Waals surface area contributed by atoms with Crippen LogP contribution >= 0.6 is 0 Å². The van der Waals surface area contributed by atoms with Crippen LogP contribution < -0.4 is 10.6 Å². The topological polar surface area (TPSA) is 41.1 Å². The normalized spacial score (nSPS) is 29.3. The van der Waals surface area contributed by atoms with E-state index in [0.717, 1.165) is 37.9 Å². The van der Waals surface area contributed by atoms with Gasteiger partial charge >= 0.3 is 0 Å². The molecule has 102 valence electrons. The molecular formula is C14H16F2N2O. The van der Waals surface area contributed by atoms with Crippen molar-refractivity contribution in [1.29, 1.82) is 0 Å². The van der Waals surface area contributed by atoms with Crippen LogP contribution in [-0.2, 0) is 4.79 Å². The fraction of sp³-hybridized carbons (Fsp3) is 0.500. The van der Waals surface area contributed by atoms with E-state index >= 15 is 0 Å². The SMILES string of the molecule is O=C(Nc1ccc(F)cc1F)C1NCC2CCCC21. The van der Waals surface area contributed by atoms with Crippen LogP contribution in [0.15, 0.2) is 18.2 Å². The Labute approximate surface area is 110 Å². The van der Waals surface area contributed by atoms with Gasteiger partial charge in [-0.3, -0.25) is 4.79 Å². The number of amides is 1. The third-order valence-electron chi connectivity index (χ3n) is 4.22. The van der Waals surface area contributed by atoms with Crippen molar-refractivity contribution in [3.8, 4) is 0 Å². The van der Waals surface area contributed by atoms with Gasteiger partial charge in [-0.1, -0.05) is 6.42 Å². The Balaban J connectivity index is 1.71. The predicted octanol–water partition coefficient (Wildman–Crippen LogP) is 2.29. The lowest BCUT2D eigenvalue weighted by Gasteiger charge is -2.18. The first-order valence-corrected chi connectivity index (χ1v) is 6.64. The van der Waals surface area contributed by atoms with E-state index in [1.54, 1.807) is 0 Å². The van der Waals surface area contributed by atoms with Crippen LogP contribution in [0.25, 0.3) is 0 Å². The maximum absolute atomic E-state index is 13.5. The standard InChI is InChI=1S/C14H16F2N2O/c15-9-4-5-12(11(16)6-9)18-14(19)13-10-3-1-2-8(10)7-17-13/h4-6,8,10,13,17H,1-3,7H2,(H,18,19). The van der Waals surface area contributed by atoms with Gasteiger partial charge in [0.05, 0.1) is 11.7 Å². The Hall–Kier alpha value is -1.49. The lowest BCUT2D eigenvalue weighted by atomic mass is 9.93. The molecule has 0 spiro atoms. The van der Waals surface area contributed by atoms with Crippen LogP contribution in [0.5, 0.6) is 0 Å². The van der Waals surface area contributed by atoms with Gasteiger partial charge in [0.2, 0.25) is 5.91 Å². The molecule has 1 aliphatic heterocycles. The summed E-state index contributed by atoms with van der Waals surface area (Å²) in [5.74, 6) is -0.697. The number of hydrogen-bond acceptors (Lipinski definition) is 2. The van der Waals surface area contributed by atoms with Gasteiger partial charge in [-0.05, 0) is 43.4 Å². The summed E-state index contributed by atoms with van der Waals surface area (Å²) in [7, 11) is 0.